The minimum absolute atomic E-state index is 0.156. The zero-order chi connectivity index (χ0) is 30.9. The number of ether oxygens (including phenoxy) is 2. The van der Waals surface area contributed by atoms with E-state index in [0.717, 1.165) is 40.8 Å². The van der Waals surface area contributed by atoms with E-state index in [1.165, 1.54) is 39.7 Å². The average Bonchev–Trinajstić information content (AvgIpc) is 3.40. The van der Waals surface area contributed by atoms with Crippen LogP contribution in [-0.4, -0.2) is 37.9 Å². The van der Waals surface area contributed by atoms with Crippen LogP contribution in [0.5, 0.6) is 11.5 Å². The maximum absolute atomic E-state index is 13.1. The van der Waals surface area contributed by atoms with Crippen LogP contribution in [-0.2, 0) is 4.79 Å². The van der Waals surface area contributed by atoms with Gasteiger partial charge in [0.15, 0.2) is 16.7 Å². The van der Waals surface area contributed by atoms with Gasteiger partial charge in [-0.15, -0.1) is 0 Å². The number of amides is 1. The number of halogens is 1. The lowest BCUT2D eigenvalue weighted by Crippen LogP contribution is -2.37. The fourth-order valence-electron chi connectivity index (χ4n) is 6.76. The lowest BCUT2D eigenvalue weighted by Gasteiger charge is -2.43. The molecule has 3 heterocycles. The molecule has 0 bridgehead atoms. The Morgan fingerprint density at radius 1 is 0.956 bits per heavy atom. The van der Waals surface area contributed by atoms with E-state index in [4.69, 9.17) is 14.5 Å². The van der Waals surface area contributed by atoms with Crippen LogP contribution >= 0.6 is 34.4 Å². The molecule has 0 saturated carbocycles. The number of carbonyl (C=O) groups excluding carboxylic acids is 1. The molecule has 0 radical (unpaired) electrons. The van der Waals surface area contributed by atoms with Gasteiger partial charge in [0.25, 0.3) is 5.91 Å². The Hall–Kier alpha value is -3.76. The van der Waals surface area contributed by atoms with E-state index in [2.05, 4.69) is 106 Å². The van der Waals surface area contributed by atoms with Crippen molar-refractivity contribution >= 4 is 62.9 Å². The summed E-state index contributed by atoms with van der Waals surface area (Å²) in [6.07, 6.45) is 4.01. The smallest absolute Gasteiger partial charge is 0.264 e. The van der Waals surface area contributed by atoms with Gasteiger partial charge in [0.1, 0.15) is 0 Å². The fourth-order valence-corrected chi connectivity index (χ4v) is 8.38. The molecule has 3 aliphatic rings. The standard InChI is InChI=1S/C37H34IN3O3S/c1-3-44-35-31(38)18-23(19-32(35)43-2)20-33-36(42)40-37(45-33)39-26-21-29-27(24-10-6-4-7-11-24)14-16-41-17-15-28(30(22-26)34(29)41)25-12-8-5-9-13-25/h4-13,18-22,27-28H,3,14-17H2,1-2H3,(H,39,40,42)/b33-20-/t27-,28+. The molecule has 1 amide bonds. The number of rotatable bonds is 7. The van der Waals surface area contributed by atoms with Crippen LogP contribution in [0.25, 0.3) is 6.08 Å². The molecule has 0 unspecified atom stereocenters. The molecule has 0 aromatic heterocycles. The molecule has 8 heteroatoms. The molecule has 6 nitrogen and oxygen atoms in total. The van der Waals surface area contributed by atoms with E-state index in [9.17, 15) is 4.79 Å². The fraction of sp³-hybridized carbons (Fsp3) is 0.243. The Kier molecular flexibility index (Phi) is 8.59. The third-order valence-corrected chi connectivity index (χ3v) is 10.4. The van der Waals surface area contributed by atoms with Gasteiger partial charge in [-0.05, 0) is 112 Å². The number of nitrogens with one attached hydrogen (secondary N) is 1. The summed E-state index contributed by atoms with van der Waals surface area (Å²) in [6.45, 7) is 4.59. The van der Waals surface area contributed by atoms with Crippen molar-refractivity contribution < 1.29 is 14.3 Å². The molecule has 3 aliphatic heterocycles. The van der Waals surface area contributed by atoms with Crippen molar-refractivity contribution in [1.82, 2.24) is 5.32 Å². The van der Waals surface area contributed by atoms with Crippen molar-refractivity contribution in [3.8, 4) is 11.5 Å². The minimum Gasteiger partial charge on any atom is -0.493 e. The van der Waals surface area contributed by atoms with E-state index < -0.39 is 0 Å². The van der Waals surface area contributed by atoms with Crippen molar-refractivity contribution in [3.05, 3.63) is 121 Å². The SMILES string of the molecule is CCOc1c(I)cc(/C=C2\SC(=Nc3cc4c5c(c3)[C@H](c3ccccc3)CCN5CC[C@@H]4c3ccccc3)NC2=O)cc1OC. The summed E-state index contributed by atoms with van der Waals surface area (Å²) >= 11 is 3.61. The lowest BCUT2D eigenvalue weighted by molar-refractivity contribution is -0.115. The van der Waals surface area contributed by atoms with Crippen LogP contribution in [0.15, 0.2) is 94.8 Å². The summed E-state index contributed by atoms with van der Waals surface area (Å²) < 4.78 is 12.3. The van der Waals surface area contributed by atoms with Gasteiger partial charge in [-0.1, -0.05) is 60.7 Å². The maximum Gasteiger partial charge on any atom is 0.264 e. The topological polar surface area (TPSA) is 63.2 Å². The first-order chi connectivity index (χ1) is 22.0. The van der Waals surface area contributed by atoms with E-state index >= 15 is 0 Å². The van der Waals surface area contributed by atoms with Crippen LogP contribution in [0.3, 0.4) is 0 Å². The highest BCUT2D eigenvalue weighted by Gasteiger charge is 2.35. The highest BCUT2D eigenvalue weighted by Crippen LogP contribution is 2.50. The second-order valence-corrected chi connectivity index (χ2v) is 13.6. The first-order valence-corrected chi connectivity index (χ1v) is 17.2. The monoisotopic (exact) mass is 727 g/mol. The molecule has 45 heavy (non-hydrogen) atoms. The normalized spacial score (nSPS) is 20.7. The molecule has 0 spiro atoms. The number of carbonyl (C=O) groups is 1. The predicted molar refractivity (Wildman–Crippen MR) is 192 cm³/mol. The van der Waals surface area contributed by atoms with Crippen LogP contribution in [0, 0.1) is 3.57 Å². The zero-order valence-corrected chi connectivity index (χ0v) is 28.2. The van der Waals surface area contributed by atoms with Crippen LogP contribution in [0.4, 0.5) is 11.4 Å². The van der Waals surface area contributed by atoms with Gasteiger partial charge < -0.3 is 19.7 Å². The van der Waals surface area contributed by atoms with E-state index in [0.29, 0.717) is 40.0 Å². The van der Waals surface area contributed by atoms with Crippen LogP contribution in [0.2, 0.25) is 0 Å². The molecule has 2 atom stereocenters. The van der Waals surface area contributed by atoms with Crippen molar-refractivity contribution in [3.63, 3.8) is 0 Å². The Morgan fingerprint density at radius 3 is 2.16 bits per heavy atom. The van der Waals surface area contributed by atoms with Crippen molar-refractivity contribution in [2.75, 3.05) is 31.7 Å². The highest BCUT2D eigenvalue weighted by molar-refractivity contribution is 14.1. The van der Waals surface area contributed by atoms with Crippen molar-refractivity contribution in [1.29, 1.82) is 0 Å². The molecule has 4 aromatic carbocycles. The molecule has 4 aromatic rings. The van der Waals surface area contributed by atoms with Crippen molar-refractivity contribution in [2.24, 2.45) is 4.99 Å². The molecule has 0 aliphatic carbocycles. The van der Waals surface area contributed by atoms with Gasteiger partial charge in [0.2, 0.25) is 0 Å². The van der Waals surface area contributed by atoms with Gasteiger partial charge in [-0.2, -0.15) is 0 Å². The molecule has 228 valence electrons. The number of aliphatic imine (C=N–C) groups is 1. The summed E-state index contributed by atoms with van der Waals surface area (Å²) in [7, 11) is 1.63. The molecule has 1 fully saturated rings. The van der Waals surface area contributed by atoms with E-state index in [1.807, 2.05) is 25.1 Å². The number of thioether (sulfide) groups is 1. The summed E-state index contributed by atoms with van der Waals surface area (Å²) in [5.74, 6) is 1.79. The van der Waals surface area contributed by atoms with Gasteiger partial charge >= 0.3 is 0 Å². The van der Waals surface area contributed by atoms with E-state index in [-0.39, 0.29) is 5.91 Å². The quantitative estimate of drug-likeness (QED) is 0.153. The number of amidine groups is 1. The Morgan fingerprint density at radius 2 is 1.58 bits per heavy atom. The predicted octanol–water partition coefficient (Wildman–Crippen LogP) is 8.47. The van der Waals surface area contributed by atoms with Gasteiger partial charge in [-0.3, -0.25) is 4.79 Å². The molecular weight excluding hydrogens is 693 g/mol. The number of anilines is 1. The van der Waals surface area contributed by atoms with Gasteiger partial charge in [0, 0.05) is 30.6 Å². The van der Waals surface area contributed by atoms with Gasteiger partial charge in [0.05, 0.1) is 27.9 Å². The summed E-state index contributed by atoms with van der Waals surface area (Å²) in [6, 6.07) is 30.0. The first-order valence-electron chi connectivity index (χ1n) is 15.3. The van der Waals surface area contributed by atoms with Crippen molar-refractivity contribution in [2.45, 2.75) is 31.6 Å². The molecule has 1 saturated heterocycles. The largest absolute Gasteiger partial charge is 0.493 e. The molecular formula is C37H34IN3O3S. The highest BCUT2D eigenvalue weighted by atomic mass is 127. The van der Waals surface area contributed by atoms with Gasteiger partial charge in [-0.25, -0.2) is 4.99 Å². The average molecular weight is 728 g/mol. The zero-order valence-electron chi connectivity index (χ0n) is 25.3. The molecule has 1 N–H and O–H groups in total. The Labute approximate surface area is 282 Å². The third kappa shape index (κ3) is 5.97. The van der Waals surface area contributed by atoms with Crippen LogP contribution in [0.1, 0.15) is 59.4 Å². The van der Waals surface area contributed by atoms with Crippen LogP contribution < -0.4 is 19.7 Å². The summed E-state index contributed by atoms with van der Waals surface area (Å²) in [5.41, 5.74) is 8.42. The second-order valence-electron chi connectivity index (χ2n) is 11.4. The number of methoxy groups -OCH3 is 1. The Balaban J connectivity index is 1.28. The minimum atomic E-state index is -0.156. The number of benzene rings is 4. The van der Waals surface area contributed by atoms with E-state index in [1.54, 1.807) is 7.11 Å². The second kappa shape index (κ2) is 12.9. The summed E-state index contributed by atoms with van der Waals surface area (Å²) in [4.78, 5) is 21.3. The first kappa shape index (κ1) is 29.9. The number of nitrogens with zero attached hydrogens (tertiary/aromatic N) is 2. The number of hydrogen-bond donors (Lipinski definition) is 1. The maximum atomic E-state index is 13.1. The molecule has 7 rings (SSSR count). The lowest BCUT2D eigenvalue weighted by atomic mass is 9.76. The number of hydrogen-bond acceptors (Lipinski definition) is 6. The Bertz CT molecular complexity index is 1740. The summed E-state index contributed by atoms with van der Waals surface area (Å²) in [5, 5.41) is 3.60. The third-order valence-electron chi connectivity index (χ3n) is 8.72.